The largest absolute Gasteiger partial charge is 0.466 e. The molecule has 4 rings (SSSR count). The number of benzene rings is 2. The van der Waals surface area contributed by atoms with Crippen molar-refractivity contribution in [3.63, 3.8) is 0 Å². The third kappa shape index (κ3) is 6.86. The van der Waals surface area contributed by atoms with Crippen LogP contribution >= 0.6 is 0 Å². The molecule has 230 valence electrons. The van der Waals surface area contributed by atoms with E-state index in [1.807, 2.05) is 0 Å². The van der Waals surface area contributed by atoms with Crippen LogP contribution in [0.25, 0.3) is 0 Å². The van der Waals surface area contributed by atoms with E-state index >= 15 is 0 Å². The van der Waals surface area contributed by atoms with E-state index in [2.05, 4.69) is 0 Å². The van der Waals surface area contributed by atoms with Crippen molar-refractivity contribution in [2.45, 2.75) is 56.4 Å². The van der Waals surface area contributed by atoms with E-state index in [1.165, 1.54) is 6.07 Å². The average molecular weight is 612 g/mol. The second kappa shape index (κ2) is 11.6. The standard InChI is InChI=1S/C27H25F9N2O4/c1-41-24(40)38(13-15-8-18(26(31,32)33)10-19(9-15)27(34,35)36)23-12-22(16-2-3-16)37(6-7-42-14-39)21-5-4-17(11-20(21)23)25(28,29)30/h4-5,8-11,14,16,22-23H,2-3,6-7,12-13H2,1H3. The summed E-state index contributed by atoms with van der Waals surface area (Å²) in [4.78, 5) is 26.3. The maximum absolute atomic E-state index is 13.7. The Balaban J connectivity index is 1.84. The summed E-state index contributed by atoms with van der Waals surface area (Å²) in [5.74, 6) is 0.0454. The average Bonchev–Trinajstić information content (AvgIpc) is 3.75. The Bertz CT molecular complexity index is 1270. The van der Waals surface area contributed by atoms with E-state index in [4.69, 9.17) is 9.47 Å². The maximum atomic E-state index is 13.7. The number of nitrogens with zero attached hydrogens (tertiary/aromatic N) is 2. The number of amides is 1. The van der Waals surface area contributed by atoms with Crippen LogP contribution in [-0.2, 0) is 39.3 Å². The van der Waals surface area contributed by atoms with Crippen molar-refractivity contribution in [1.82, 2.24) is 4.90 Å². The first-order valence-corrected chi connectivity index (χ1v) is 12.7. The lowest BCUT2D eigenvalue weighted by Gasteiger charge is -2.45. The quantitative estimate of drug-likeness (QED) is 0.179. The number of fused-ring (bicyclic) bond motifs is 1. The molecule has 1 aliphatic heterocycles. The van der Waals surface area contributed by atoms with Crippen LogP contribution in [0, 0.1) is 5.92 Å². The predicted octanol–water partition coefficient (Wildman–Crippen LogP) is 7.21. The molecule has 1 fully saturated rings. The Morgan fingerprint density at radius 3 is 2.02 bits per heavy atom. The van der Waals surface area contributed by atoms with Gasteiger partial charge in [0.1, 0.15) is 6.61 Å². The van der Waals surface area contributed by atoms with E-state index in [-0.39, 0.29) is 55.3 Å². The number of ether oxygens (including phenoxy) is 2. The van der Waals surface area contributed by atoms with Crippen molar-refractivity contribution in [3.8, 4) is 0 Å². The van der Waals surface area contributed by atoms with Crippen LogP contribution in [0.4, 0.5) is 50.0 Å². The number of rotatable bonds is 8. The molecule has 2 aromatic carbocycles. The minimum Gasteiger partial charge on any atom is -0.466 e. The van der Waals surface area contributed by atoms with Gasteiger partial charge in [0.05, 0.1) is 36.4 Å². The molecule has 2 aromatic rings. The first-order chi connectivity index (χ1) is 19.5. The van der Waals surface area contributed by atoms with Gasteiger partial charge in [-0.1, -0.05) is 0 Å². The van der Waals surface area contributed by atoms with Crippen molar-refractivity contribution >= 4 is 18.3 Å². The van der Waals surface area contributed by atoms with Gasteiger partial charge in [-0.3, -0.25) is 9.69 Å². The zero-order valence-corrected chi connectivity index (χ0v) is 21.9. The van der Waals surface area contributed by atoms with Crippen LogP contribution in [0.15, 0.2) is 36.4 Å². The van der Waals surface area contributed by atoms with Crippen molar-refractivity contribution < 1.29 is 58.6 Å². The fourth-order valence-electron chi connectivity index (χ4n) is 5.36. The first-order valence-electron chi connectivity index (χ1n) is 12.7. The van der Waals surface area contributed by atoms with Crippen LogP contribution in [0.2, 0.25) is 0 Å². The van der Waals surface area contributed by atoms with E-state index in [1.54, 1.807) is 4.90 Å². The van der Waals surface area contributed by atoms with Gasteiger partial charge in [-0.25, -0.2) is 4.79 Å². The number of alkyl halides is 9. The Labute approximate surface area is 234 Å². The number of carbonyl (C=O) groups is 2. The van der Waals surface area contributed by atoms with Crippen LogP contribution in [0.3, 0.4) is 0 Å². The lowest BCUT2D eigenvalue weighted by atomic mass is 9.86. The second-order valence-corrected chi connectivity index (χ2v) is 10.1. The van der Waals surface area contributed by atoms with Gasteiger partial charge in [0.15, 0.2) is 0 Å². The number of hydrogen-bond donors (Lipinski definition) is 0. The summed E-state index contributed by atoms with van der Waals surface area (Å²) >= 11 is 0. The molecule has 6 nitrogen and oxygen atoms in total. The highest BCUT2D eigenvalue weighted by molar-refractivity contribution is 5.70. The molecule has 0 radical (unpaired) electrons. The number of hydrogen-bond acceptors (Lipinski definition) is 5. The normalized spacial score (nSPS) is 19.2. The SMILES string of the molecule is COC(=O)N(Cc1cc(C(F)(F)F)cc(C(F)(F)F)c1)C1CC(C2CC2)N(CCOC=O)c2ccc(C(F)(F)F)cc21. The van der Waals surface area contributed by atoms with Crippen LogP contribution in [0.5, 0.6) is 0 Å². The Hall–Kier alpha value is -3.65. The molecule has 2 unspecified atom stereocenters. The number of halogens is 9. The first kappa shape index (κ1) is 31.3. The van der Waals surface area contributed by atoms with Gasteiger partial charge in [-0.2, -0.15) is 39.5 Å². The zero-order chi connectivity index (χ0) is 31.0. The van der Waals surface area contributed by atoms with Crippen LogP contribution < -0.4 is 4.90 Å². The number of carbonyl (C=O) groups excluding carboxylic acids is 2. The van der Waals surface area contributed by atoms with E-state index < -0.39 is 59.5 Å². The Kier molecular flexibility index (Phi) is 8.61. The molecule has 0 saturated heterocycles. The van der Waals surface area contributed by atoms with Crippen molar-refractivity contribution in [2.75, 3.05) is 25.2 Å². The van der Waals surface area contributed by atoms with Gasteiger partial charge < -0.3 is 14.4 Å². The van der Waals surface area contributed by atoms with Gasteiger partial charge in [0.25, 0.3) is 6.47 Å². The van der Waals surface area contributed by atoms with Gasteiger partial charge in [-0.15, -0.1) is 0 Å². The van der Waals surface area contributed by atoms with Crippen LogP contribution in [-0.4, -0.2) is 43.8 Å². The summed E-state index contributed by atoms with van der Waals surface area (Å²) in [7, 11) is 0.944. The van der Waals surface area contributed by atoms with E-state index in [0.29, 0.717) is 12.1 Å². The second-order valence-electron chi connectivity index (χ2n) is 10.1. The fraction of sp³-hybridized carbons (Fsp3) is 0.481. The third-order valence-electron chi connectivity index (χ3n) is 7.36. The van der Waals surface area contributed by atoms with E-state index in [9.17, 15) is 49.1 Å². The molecule has 0 aromatic heterocycles. The molecular formula is C27H25F9N2O4. The molecule has 1 amide bonds. The molecule has 15 heteroatoms. The van der Waals surface area contributed by atoms with Crippen LogP contribution in [0.1, 0.15) is 53.1 Å². The smallest absolute Gasteiger partial charge is 0.416 e. The molecule has 42 heavy (non-hydrogen) atoms. The zero-order valence-electron chi connectivity index (χ0n) is 21.9. The Morgan fingerprint density at radius 2 is 1.52 bits per heavy atom. The third-order valence-corrected chi connectivity index (χ3v) is 7.36. The lowest BCUT2D eigenvalue weighted by Crippen LogP contribution is -2.48. The molecule has 0 spiro atoms. The molecule has 2 atom stereocenters. The molecule has 0 bridgehead atoms. The number of anilines is 1. The maximum Gasteiger partial charge on any atom is 0.416 e. The molecule has 1 heterocycles. The fourth-order valence-corrected chi connectivity index (χ4v) is 5.36. The molecule has 1 saturated carbocycles. The summed E-state index contributed by atoms with van der Waals surface area (Å²) < 4.78 is 132. The van der Waals surface area contributed by atoms with Crippen molar-refractivity contribution in [2.24, 2.45) is 5.92 Å². The molecule has 0 N–H and O–H groups in total. The Morgan fingerprint density at radius 1 is 0.929 bits per heavy atom. The summed E-state index contributed by atoms with van der Waals surface area (Å²) in [5, 5.41) is 0. The van der Waals surface area contributed by atoms with E-state index in [0.717, 1.165) is 37.0 Å². The minimum absolute atomic E-state index is 0.000254. The minimum atomic E-state index is -5.15. The van der Waals surface area contributed by atoms with Crippen molar-refractivity contribution in [3.05, 3.63) is 64.2 Å². The summed E-state index contributed by atoms with van der Waals surface area (Å²) in [6.07, 6.45) is -14.7. The predicted molar refractivity (Wildman–Crippen MR) is 129 cm³/mol. The van der Waals surface area contributed by atoms with Crippen molar-refractivity contribution in [1.29, 1.82) is 0 Å². The lowest BCUT2D eigenvalue weighted by molar-refractivity contribution is -0.143. The van der Waals surface area contributed by atoms with Gasteiger partial charge >= 0.3 is 24.6 Å². The number of methoxy groups -OCH3 is 1. The van der Waals surface area contributed by atoms with Gasteiger partial charge in [0.2, 0.25) is 0 Å². The molecular weight excluding hydrogens is 587 g/mol. The monoisotopic (exact) mass is 612 g/mol. The summed E-state index contributed by atoms with van der Waals surface area (Å²) in [6.45, 7) is -0.587. The molecule has 2 aliphatic rings. The summed E-state index contributed by atoms with van der Waals surface area (Å²) in [5.41, 5.74) is -4.57. The van der Waals surface area contributed by atoms with Gasteiger partial charge in [0, 0.05) is 18.3 Å². The highest BCUT2D eigenvalue weighted by atomic mass is 19.4. The molecule has 1 aliphatic carbocycles. The highest BCUT2D eigenvalue weighted by Crippen LogP contribution is 2.49. The highest BCUT2D eigenvalue weighted by Gasteiger charge is 2.45. The van der Waals surface area contributed by atoms with Gasteiger partial charge in [-0.05, 0) is 72.7 Å². The topological polar surface area (TPSA) is 59.1 Å². The summed E-state index contributed by atoms with van der Waals surface area (Å²) in [6, 6.07) is 2.12.